The van der Waals surface area contributed by atoms with Crippen LogP contribution >= 0.6 is 0 Å². The van der Waals surface area contributed by atoms with Gasteiger partial charge in [0, 0.05) is 18.7 Å². The Balaban J connectivity index is 1.92. The average Bonchev–Trinajstić information content (AvgIpc) is 2.56. The van der Waals surface area contributed by atoms with Crippen molar-refractivity contribution in [1.29, 1.82) is 0 Å². The summed E-state index contributed by atoms with van der Waals surface area (Å²) in [7, 11) is 0. The Kier molecular flexibility index (Phi) is 4.79. The van der Waals surface area contributed by atoms with Crippen LogP contribution in [0.3, 0.4) is 0 Å². The van der Waals surface area contributed by atoms with Gasteiger partial charge in [-0.1, -0.05) is 43.4 Å². The predicted octanol–water partition coefficient (Wildman–Crippen LogP) is 3.39. The molecule has 0 atom stereocenters. The van der Waals surface area contributed by atoms with Crippen LogP contribution in [0.15, 0.2) is 54.6 Å². The molecule has 5 heteroatoms. The number of allylic oxidation sites excluding steroid dienone is 2. The molecule has 1 aromatic carbocycles. The summed E-state index contributed by atoms with van der Waals surface area (Å²) in [5, 5.41) is 18.3. The summed E-state index contributed by atoms with van der Waals surface area (Å²) in [6, 6.07) is 8.98. The summed E-state index contributed by atoms with van der Waals surface area (Å²) in [6.45, 7) is 3.70. The van der Waals surface area contributed by atoms with Crippen molar-refractivity contribution in [2.75, 3.05) is 23.7 Å². The van der Waals surface area contributed by atoms with Gasteiger partial charge in [0.2, 0.25) is 0 Å². The van der Waals surface area contributed by atoms with Crippen LogP contribution in [-0.2, 0) is 0 Å². The number of anilines is 2. The van der Waals surface area contributed by atoms with Crippen molar-refractivity contribution in [3.05, 3.63) is 54.6 Å². The second-order valence-electron chi connectivity index (χ2n) is 5.85. The van der Waals surface area contributed by atoms with Crippen LogP contribution < -0.4 is 10.6 Å². The van der Waals surface area contributed by atoms with Crippen molar-refractivity contribution in [2.45, 2.75) is 13.3 Å². The smallest absolute Gasteiger partial charge is 0.169 e. The Hall–Kier alpha value is -2.82. The van der Waals surface area contributed by atoms with Crippen molar-refractivity contribution in [2.24, 2.45) is 5.92 Å². The molecule has 5 nitrogen and oxygen atoms in total. The molecule has 0 amide bonds. The van der Waals surface area contributed by atoms with Gasteiger partial charge in [0.05, 0.1) is 11.4 Å². The van der Waals surface area contributed by atoms with Crippen molar-refractivity contribution in [3.63, 3.8) is 0 Å². The maximum atomic E-state index is 10.0. The van der Waals surface area contributed by atoms with Gasteiger partial charge in [-0.25, -0.2) is 0 Å². The molecule has 2 heterocycles. The van der Waals surface area contributed by atoms with Crippen molar-refractivity contribution >= 4 is 11.5 Å². The van der Waals surface area contributed by atoms with Crippen LogP contribution in [0.2, 0.25) is 0 Å². The van der Waals surface area contributed by atoms with Crippen molar-refractivity contribution in [3.8, 4) is 17.0 Å². The summed E-state index contributed by atoms with van der Waals surface area (Å²) in [4.78, 5) is 2.15. The highest BCUT2D eigenvalue weighted by Crippen LogP contribution is 2.31. The van der Waals surface area contributed by atoms with E-state index in [0.717, 1.165) is 25.2 Å². The molecule has 24 heavy (non-hydrogen) atoms. The van der Waals surface area contributed by atoms with Gasteiger partial charge >= 0.3 is 0 Å². The lowest BCUT2D eigenvalue weighted by atomic mass is 10.0. The minimum atomic E-state index is 0.181. The summed E-state index contributed by atoms with van der Waals surface area (Å²) >= 11 is 0. The Bertz CT molecular complexity index is 754. The van der Waals surface area contributed by atoms with E-state index < -0.39 is 0 Å². The lowest BCUT2D eigenvalue weighted by molar-refractivity contribution is 0.477. The second-order valence-corrected chi connectivity index (χ2v) is 5.85. The van der Waals surface area contributed by atoms with Gasteiger partial charge in [0.1, 0.15) is 5.75 Å². The standard InChI is InChI=1S/C19H22N4O/c1-2-14-7-5-11-23(12-6-8-14)17-13-16(21-22-19(17)20)15-9-3-4-10-18(15)24/h3-10,13-14,24H,2,11-12H2,1H3,(H2,20,22)/b7-5-,8-6-. The van der Waals surface area contributed by atoms with Gasteiger partial charge in [-0.3, -0.25) is 0 Å². The highest BCUT2D eigenvalue weighted by atomic mass is 16.3. The molecule has 3 rings (SSSR count). The van der Waals surface area contributed by atoms with Crippen LogP contribution in [0.5, 0.6) is 5.75 Å². The molecule has 0 aliphatic carbocycles. The van der Waals surface area contributed by atoms with E-state index in [-0.39, 0.29) is 5.75 Å². The lowest BCUT2D eigenvalue weighted by Gasteiger charge is -2.24. The number of nitrogen functional groups attached to an aromatic ring is 1. The Morgan fingerprint density at radius 3 is 2.54 bits per heavy atom. The number of benzene rings is 1. The molecule has 3 N–H and O–H groups in total. The minimum absolute atomic E-state index is 0.181. The second kappa shape index (κ2) is 7.17. The number of nitrogens with two attached hydrogens (primary N) is 1. The molecular weight excluding hydrogens is 300 g/mol. The fraction of sp³-hybridized carbons (Fsp3) is 0.263. The fourth-order valence-electron chi connectivity index (χ4n) is 2.80. The zero-order valence-electron chi connectivity index (χ0n) is 13.8. The highest BCUT2D eigenvalue weighted by Gasteiger charge is 2.14. The number of aromatic nitrogens is 2. The van der Waals surface area contributed by atoms with Gasteiger partial charge in [-0.15, -0.1) is 10.2 Å². The first-order valence-electron chi connectivity index (χ1n) is 8.19. The van der Waals surface area contributed by atoms with Gasteiger partial charge in [0.15, 0.2) is 5.82 Å². The van der Waals surface area contributed by atoms with E-state index in [0.29, 0.717) is 23.0 Å². The van der Waals surface area contributed by atoms with E-state index in [4.69, 9.17) is 5.73 Å². The molecule has 0 unspecified atom stereocenters. The minimum Gasteiger partial charge on any atom is -0.507 e. The number of rotatable bonds is 3. The van der Waals surface area contributed by atoms with Crippen molar-refractivity contribution < 1.29 is 5.11 Å². The normalized spacial score (nSPS) is 18.0. The summed E-state index contributed by atoms with van der Waals surface area (Å²) in [6.07, 6.45) is 9.87. The number of nitrogens with zero attached hydrogens (tertiary/aromatic N) is 3. The fourth-order valence-corrected chi connectivity index (χ4v) is 2.80. The summed E-state index contributed by atoms with van der Waals surface area (Å²) in [5.74, 6) is 1.07. The maximum Gasteiger partial charge on any atom is 0.169 e. The van der Waals surface area contributed by atoms with E-state index in [1.165, 1.54) is 0 Å². The molecule has 0 fully saturated rings. The molecule has 1 aliphatic heterocycles. The number of hydrogen-bond donors (Lipinski definition) is 2. The molecule has 1 aromatic heterocycles. The van der Waals surface area contributed by atoms with Gasteiger partial charge in [-0.05, 0) is 30.5 Å². The zero-order valence-corrected chi connectivity index (χ0v) is 13.8. The molecule has 0 saturated heterocycles. The number of aromatic hydroxyl groups is 1. The Labute approximate surface area is 142 Å². The molecule has 124 valence electrons. The third-order valence-electron chi connectivity index (χ3n) is 4.21. The quantitative estimate of drug-likeness (QED) is 0.847. The largest absolute Gasteiger partial charge is 0.507 e. The third kappa shape index (κ3) is 3.40. The third-order valence-corrected chi connectivity index (χ3v) is 4.21. The molecule has 1 aliphatic rings. The topological polar surface area (TPSA) is 75.3 Å². The van der Waals surface area contributed by atoms with Crippen LogP contribution in [0.25, 0.3) is 11.3 Å². The van der Waals surface area contributed by atoms with E-state index in [1.54, 1.807) is 12.1 Å². The first-order chi connectivity index (χ1) is 11.7. The molecule has 0 spiro atoms. The van der Waals surface area contributed by atoms with E-state index in [1.807, 2.05) is 18.2 Å². The van der Waals surface area contributed by atoms with E-state index >= 15 is 0 Å². The number of hydrogen-bond acceptors (Lipinski definition) is 5. The maximum absolute atomic E-state index is 10.0. The summed E-state index contributed by atoms with van der Waals surface area (Å²) < 4.78 is 0. The van der Waals surface area contributed by atoms with Crippen LogP contribution in [0.1, 0.15) is 13.3 Å². The van der Waals surface area contributed by atoms with Crippen LogP contribution in [0, 0.1) is 5.92 Å². The van der Waals surface area contributed by atoms with Crippen molar-refractivity contribution in [1.82, 2.24) is 10.2 Å². The molecule has 2 aromatic rings. The SMILES string of the molecule is CCC1/C=C\CN(c2cc(-c3ccccc3O)nnc2N)C/C=C\1. The van der Waals surface area contributed by atoms with Gasteiger partial charge in [0.25, 0.3) is 0 Å². The van der Waals surface area contributed by atoms with E-state index in [2.05, 4.69) is 46.3 Å². The van der Waals surface area contributed by atoms with Crippen LogP contribution in [0.4, 0.5) is 11.5 Å². The Morgan fingerprint density at radius 1 is 1.17 bits per heavy atom. The average molecular weight is 322 g/mol. The Morgan fingerprint density at radius 2 is 1.88 bits per heavy atom. The number of para-hydroxylation sites is 1. The first-order valence-corrected chi connectivity index (χ1v) is 8.19. The molecular formula is C19H22N4O. The molecule has 0 saturated carbocycles. The predicted molar refractivity (Wildman–Crippen MR) is 97.8 cm³/mol. The van der Waals surface area contributed by atoms with Gasteiger partial charge < -0.3 is 15.7 Å². The monoisotopic (exact) mass is 322 g/mol. The van der Waals surface area contributed by atoms with Gasteiger partial charge in [-0.2, -0.15) is 0 Å². The number of phenolic OH excluding ortho intramolecular Hbond substituents is 1. The highest BCUT2D eigenvalue weighted by molar-refractivity contribution is 5.74. The first kappa shape index (κ1) is 16.1. The number of phenols is 1. The molecule has 0 bridgehead atoms. The van der Waals surface area contributed by atoms with Crippen LogP contribution in [-0.4, -0.2) is 28.4 Å². The molecule has 0 radical (unpaired) electrons. The van der Waals surface area contributed by atoms with E-state index in [9.17, 15) is 5.11 Å². The summed E-state index contributed by atoms with van der Waals surface area (Å²) in [5.41, 5.74) is 8.14. The lowest BCUT2D eigenvalue weighted by Crippen LogP contribution is -2.26. The zero-order chi connectivity index (χ0) is 16.9.